The van der Waals surface area contributed by atoms with Crippen molar-refractivity contribution in [3.8, 4) is 11.5 Å². The molecule has 1 aliphatic carbocycles. The summed E-state index contributed by atoms with van der Waals surface area (Å²) >= 11 is 0. The van der Waals surface area contributed by atoms with Crippen LogP contribution in [0.5, 0.6) is 11.5 Å². The second kappa shape index (κ2) is 9.91. The van der Waals surface area contributed by atoms with Crippen molar-refractivity contribution >= 4 is 23.8 Å². The summed E-state index contributed by atoms with van der Waals surface area (Å²) in [4.78, 5) is 36.6. The minimum atomic E-state index is -0.527. The van der Waals surface area contributed by atoms with Gasteiger partial charge in [0.2, 0.25) is 0 Å². The largest absolute Gasteiger partial charge is 0.496 e. The molecule has 2 N–H and O–H groups in total. The van der Waals surface area contributed by atoms with Crippen molar-refractivity contribution in [3.63, 3.8) is 0 Å². The van der Waals surface area contributed by atoms with E-state index in [0.717, 1.165) is 25.7 Å². The maximum absolute atomic E-state index is 12.5. The standard InChI is InChI=1S/C21H25N3O6/c1-28-17-8-7-13(9-18(17)29-2)21(27)22-11-19(25)24-23-10-14-12-30-16-6-4-3-5-15(16)20(14)26/h7-10,12,15-16H,3-6,11H2,1-2H3,(H,22,27)(H,24,25)/b23-10+. The molecule has 0 spiro atoms. The topological polar surface area (TPSA) is 115 Å². The number of rotatable bonds is 7. The van der Waals surface area contributed by atoms with Gasteiger partial charge in [0.25, 0.3) is 11.8 Å². The molecule has 30 heavy (non-hydrogen) atoms. The van der Waals surface area contributed by atoms with E-state index in [2.05, 4.69) is 15.8 Å². The Kier molecular flexibility index (Phi) is 7.05. The van der Waals surface area contributed by atoms with Crippen LogP contribution in [0.2, 0.25) is 0 Å². The fourth-order valence-corrected chi connectivity index (χ4v) is 3.54. The lowest BCUT2D eigenvalue weighted by Gasteiger charge is -2.33. The molecule has 1 aromatic carbocycles. The molecule has 1 saturated carbocycles. The zero-order valence-corrected chi connectivity index (χ0v) is 17.0. The number of methoxy groups -OCH3 is 2. The molecule has 0 saturated heterocycles. The van der Waals surface area contributed by atoms with Crippen LogP contribution in [-0.2, 0) is 14.3 Å². The molecule has 2 aliphatic rings. The van der Waals surface area contributed by atoms with Crippen LogP contribution in [0.4, 0.5) is 0 Å². The highest BCUT2D eigenvalue weighted by molar-refractivity contribution is 6.14. The second-order valence-electron chi connectivity index (χ2n) is 7.05. The van der Waals surface area contributed by atoms with Crippen molar-refractivity contribution in [2.75, 3.05) is 20.8 Å². The number of nitrogens with zero attached hydrogens (tertiary/aromatic N) is 1. The molecule has 0 aromatic heterocycles. The molecule has 2 atom stereocenters. The van der Waals surface area contributed by atoms with Crippen LogP contribution in [0.1, 0.15) is 36.0 Å². The van der Waals surface area contributed by atoms with Gasteiger partial charge >= 0.3 is 0 Å². The van der Waals surface area contributed by atoms with Crippen molar-refractivity contribution < 1.29 is 28.6 Å². The number of nitrogens with one attached hydrogen (secondary N) is 2. The van der Waals surface area contributed by atoms with Gasteiger partial charge in [-0.25, -0.2) is 5.43 Å². The third kappa shape index (κ3) is 4.97. The van der Waals surface area contributed by atoms with Crippen LogP contribution in [0.3, 0.4) is 0 Å². The fourth-order valence-electron chi connectivity index (χ4n) is 3.54. The summed E-state index contributed by atoms with van der Waals surface area (Å²) in [7, 11) is 2.97. The zero-order chi connectivity index (χ0) is 21.5. The molecule has 1 aliphatic heterocycles. The maximum atomic E-state index is 12.5. The van der Waals surface area contributed by atoms with Crippen molar-refractivity contribution in [2.24, 2.45) is 11.0 Å². The monoisotopic (exact) mass is 415 g/mol. The summed E-state index contributed by atoms with van der Waals surface area (Å²) in [6.45, 7) is -0.279. The molecule has 1 fully saturated rings. The summed E-state index contributed by atoms with van der Waals surface area (Å²) in [5.74, 6) is -0.215. The normalized spacial score (nSPS) is 20.6. The lowest BCUT2D eigenvalue weighted by molar-refractivity contribution is -0.126. The molecule has 9 heteroatoms. The Bertz CT molecular complexity index is 879. The van der Waals surface area contributed by atoms with Crippen LogP contribution in [0, 0.1) is 5.92 Å². The molecule has 160 valence electrons. The van der Waals surface area contributed by atoms with E-state index in [1.165, 1.54) is 32.8 Å². The van der Waals surface area contributed by atoms with Gasteiger partial charge in [0.05, 0.1) is 44.7 Å². The van der Waals surface area contributed by atoms with Gasteiger partial charge in [0.1, 0.15) is 6.10 Å². The first-order valence-corrected chi connectivity index (χ1v) is 9.75. The minimum absolute atomic E-state index is 0.00861. The molecule has 1 heterocycles. The van der Waals surface area contributed by atoms with Gasteiger partial charge in [-0.15, -0.1) is 0 Å². The molecular formula is C21H25N3O6. The number of ether oxygens (including phenoxy) is 3. The number of hydrogen-bond donors (Lipinski definition) is 2. The smallest absolute Gasteiger partial charge is 0.259 e. The van der Waals surface area contributed by atoms with E-state index >= 15 is 0 Å². The summed E-state index contributed by atoms with van der Waals surface area (Å²) < 4.78 is 15.9. The molecule has 0 radical (unpaired) electrons. The summed E-state index contributed by atoms with van der Waals surface area (Å²) in [5, 5.41) is 6.30. The van der Waals surface area contributed by atoms with E-state index in [4.69, 9.17) is 14.2 Å². The van der Waals surface area contributed by atoms with E-state index in [1.807, 2.05) is 0 Å². The van der Waals surface area contributed by atoms with Crippen LogP contribution in [0.25, 0.3) is 0 Å². The van der Waals surface area contributed by atoms with Gasteiger partial charge in [0.15, 0.2) is 17.3 Å². The number of benzene rings is 1. The number of allylic oxidation sites excluding steroid dienone is 1. The molecule has 1 aromatic rings. The quantitative estimate of drug-likeness (QED) is 0.516. The lowest BCUT2D eigenvalue weighted by Crippen LogP contribution is -2.37. The van der Waals surface area contributed by atoms with E-state index in [0.29, 0.717) is 22.6 Å². The van der Waals surface area contributed by atoms with Crippen molar-refractivity contribution in [2.45, 2.75) is 31.8 Å². The Hall–Kier alpha value is -3.36. The minimum Gasteiger partial charge on any atom is -0.496 e. The Morgan fingerprint density at radius 3 is 2.73 bits per heavy atom. The number of hydrazone groups is 1. The van der Waals surface area contributed by atoms with Gasteiger partial charge < -0.3 is 19.5 Å². The Balaban J connectivity index is 1.48. The molecule has 2 amide bonds. The molecule has 9 nitrogen and oxygen atoms in total. The number of hydrogen-bond acceptors (Lipinski definition) is 7. The third-order valence-corrected chi connectivity index (χ3v) is 5.14. The summed E-state index contributed by atoms with van der Waals surface area (Å²) in [6.07, 6.45) is 6.40. The van der Waals surface area contributed by atoms with E-state index in [-0.39, 0.29) is 24.3 Å². The summed E-state index contributed by atoms with van der Waals surface area (Å²) in [6, 6.07) is 4.68. The van der Waals surface area contributed by atoms with Gasteiger partial charge in [-0.1, -0.05) is 6.42 Å². The molecule has 3 rings (SSSR count). The van der Waals surface area contributed by atoms with Gasteiger partial charge in [-0.3, -0.25) is 14.4 Å². The number of Topliss-reactive ketones (excluding diaryl/α,β-unsaturated/α-hetero) is 1. The number of carbonyl (C=O) groups excluding carboxylic acids is 3. The Labute approximate surface area is 174 Å². The first-order chi connectivity index (χ1) is 14.5. The molecular weight excluding hydrogens is 390 g/mol. The number of ketones is 1. The van der Waals surface area contributed by atoms with E-state index in [1.54, 1.807) is 12.1 Å². The highest BCUT2D eigenvalue weighted by Crippen LogP contribution is 2.32. The Morgan fingerprint density at radius 1 is 1.20 bits per heavy atom. The SMILES string of the molecule is COc1ccc(C(=O)NCC(=O)N/N=C/C2=COC3CCCCC3C2=O)cc1OC. The van der Waals surface area contributed by atoms with Crippen LogP contribution in [0.15, 0.2) is 35.1 Å². The molecule has 2 unspecified atom stereocenters. The van der Waals surface area contributed by atoms with Gasteiger partial charge in [0, 0.05) is 5.56 Å². The first kappa shape index (κ1) is 21.4. The third-order valence-electron chi connectivity index (χ3n) is 5.14. The lowest BCUT2D eigenvalue weighted by atomic mass is 9.80. The fraction of sp³-hybridized carbons (Fsp3) is 0.429. The van der Waals surface area contributed by atoms with Crippen LogP contribution >= 0.6 is 0 Å². The van der Waals surface area contributed by atoms with Crippen LogP contribution < -0.4 is 20.2 Å². The van der Waals surface area contributed by atoms with E-state index in [9.17, 15) is 14.4 Å². The predicted molar refractivity (Wildman–Crippen MR) is 108 cm³/mol. The predicted octanol–water partition coefficient (Wildman–Crippen LogP) is 1.58. The number of carbonyl (C=O) groups is 3. The van der Waals surface area contributed by atoms with Crippen molar-refractivity contribution in [1.29, 1.82) is 0 Å². The number of amides is 2. The first-order valence-electron chi connectivity index (χ1n) is 9.75. The highest BCUT2D eigenvalue weighted by Gasteiger charge is 2.36. The van der Waals surface area contributed by atoms with Crippen molar-refractivity contribution in [3.05, 3.63) is 35.6 Å². The highest BCUT2D eigenvalue weighted by atomic mass is 16.5. The van der Waals surface area contributed by atoms with Gasteiger partial charge in [-0.2, -0.15) is 5.10 Å². The number of fused-ring (bicyclic) bond motifs is 1. The maximum Gasteiger partial charge on any atom is 0.259 e. The van der Waals surface area contributed by atoms with Crippen molar-refractivity contribution in [1.82, 2.24) is 10.7 Å². The molecule has 0 bridgehead atoms. The van der Waals surface area contributed by atoms with Crippen LogP contribution in [-0.4, -0.2) is 50.7 Å². The average molecular weight is 415 g/mol. The summed E-state index contributed by atoms with van der Waals surface area (Å²) in [5.41, 5.74) is 2.94. The van der Waals surface area contributed by atoms with Gasteiger partial charge in [-0.05, 0) is 37.5 Å². The second-order valence-corrected chi connectivity index (χ2v) is 7.05. The average Bonchev–Trinajstić information content (AvgIpc) is 2.78. The van der Waals surface area contributed by atoms with E-state index < -0.39 is 11.8 Å². The zero-order valence-electron chi connectivity index (χ0n) is 17.0. The Morgan fingerprint density at radius 2 is 1.97 bits per heavy atom.